The fourth-order valence-corrected chi connectivity index (χ4v) is 2.68. The first-order valence-electron chi connectivity index (χ1n) is 5.93. The largest absolute Gasteiger partial charge is 0.413 e. The molecule has 2 heterocycles. The number of nitrogens with zero attached hydrogens (tertiary/aromatic N) is 1. The smallest absolute Gasteiger partial charge is 0.362 e. The Morgan fingerprint density at radius 3 is 2.33 bits per heavy atom. The van der Waals surface area contributed by atoms with Crippen molar-refractivity contribution in [2.75, 3.05) is 0 Å². The summed E-state index contributed by atoms with van der Waals surface area (Å²) in [6.07, 6.45) is -4.29. The molecule has 1 N–H and O–H groups in total. The van der Waals surface area contributed by atoms with Crippen molar-refractivity contribution < 1.29 is 13.2 Å². The van der Waals surface area contributed by atoms with Crippen LogP contribution in [0.5, 0.6) is 0 Å². The minimum absolute atomic E-state index is 0.000463. The van der Waals surface area contributed by atoms with Crippen LogP contribution < -0.4 is 0 Å². The molecule has 0 radical (unpaired) electrons. The van der Waals surface area contributed by atoms with E-state index in [4.69, 9.17) is 0 Å². The molecule has 1 aromatic heterocycles. The van der Waals surface area contributed by atoms with Crippen LogP contribution in [0.4, 0.5) is 13.2 Å². The fraction of sp³-hybridized carbons (Fsp3) is 0.615. The van der Waals surface area contributed by atoms with Gasteiger partial charge in [0.2, 0.25) is 0 Å². The first-order chi connectivity index (χ1) is 8.14. The molecule has 0 amide bonds. The summed E-state index contributed by atoms with van der Waals surface area (Å²) in [6, 6.07) is 1.92. The number of rotatable bonds is 1. The summed E-state index contributed by atoms with van der Waals surface area (Å²) in [4.78, 5) is 7.01. The first-order valence-corrected chi connectivity index (χ1v) is 5.93. The maximum atomic E-state index is 13.0. The average molecular weight is 258 g/mol. The van der Waals surface area contributed by atoms with Gasteiger partial charge in [0, 0.05) is 23.0 Å². The van der Waals surface area contributed by atoms with Gasteiger partial charge in [-0.2, -0.15) is 13.2 Å². The van der Waals surface area contributed by atoms with Gasteiger partial charge in [0.05, 0.1) is 0 Å². The van der Waals surface area contributed by atoms with Crippen LogP contribution in [0.2, 0.25) is 0 Å². The zero-order chi connectivity index (χ0) is 13.7. The normalized spacial score (nSPS) is 28.6. The molecule has 18 heavy (non-hydrogen) atoms. The van der Waals surface area contributed by atoms with Crippen LogP contribution in [-0.4, -0.2) is 22.4 Å². The molecule has 0 fully saturated rings. The van der Waals surface area contributed by atoms with Crippen LogP contribution in [0.25, 0.3) is 0 Å². The number of H-pyrrole nitrogens is 1. The Hall–Kier alpha value is -1.26. The Labute approximate surface area is 104 Å². The summed E-state index contributed by atoms with van der Waals surface area (Å²) >= 11 is 0. The molecule has 0 saturated carbocycles. The topological polar surface area (TPSA) is 28.1 Å². The van der Waals surface area contributed by atoms with E-state index in [0.717, 1.165) is 17.0 Å². The van der Waals surface area contributed by atoms with Gasteiger partial charge in [-0.15, -0.1) is 0 Å². The standard InChI is InChI=1S/C13H17F3N2/c1-7-5-10(8(2)17-7)11-6-12(4,13(14,15)16)18-9(11)3/h5,11,17H,6H2,1-4H3. The van der Waals surface area contributed by atoms with Crippen LogP contribution in [0.15, 0.2) is 11.1 Å². The quantitative estimate of drug-likeness (QED) is 0.791. The third kappa shape index (κ3) is 1.95. The molecule has 5 heteroatoms. The lowest BCUT2D eigenvalue weighted by molar-refractivity contribution is -0.179. The molecule has 0 saturated heterocycles. The molecule has 0 bridgehead atoms. The maximum Gasteiger partial charge on any atom is 0.413 e. The maximum absolute atomic E-state index is 13.0. The van der Waals surface area contributed by atoms with Gasteiger partial charge >= 0.3 is 6.18 Å². The predicted molar refractivity (Wildman–Crippen MR) is 65.2 cm³/mol. The highest BCUT2D eigenvalue weighted by Crippen LogP contribution is 2.46. The number of hydrogen-bond donors (Lipinski definition) is 1. The highest BCUT2D eigenvalue weighted by molar-refractivity contribution is 5.91. The highest BCUT2D eigenvalue weighted by atomic mass is 19.4. The molecule has 1 aliphatic heterocycles. The lowest BCUT2D eigenvalue weighted by Crippen LogP contribution is -2.38. The van der Waals surface area contributed by atoms with E-state index in [1.54, 1.807) is 6.92 Å². The molecule has 2 unspecified atom stereocenters. The Balaban J connectivity index is 2.36. The number of halogens is 3. The van der Waals surface area contributed by atoms with Crippen molar-refractivity contribution in [3.05, 3.63) is 23.0 Å². The van der Waals surface area contributed by atoms with E-state index in [0.29, 0.717) is 5.71 Å². The van der Waals surface area contributed by atoms with Gasteiger partial charge in [0.25, 0.3) is 0 Å². The second kappa shape index (κ2) is 3.87. The van der Waals surface area contributed by atoms with Crippen molar-refractivity contribution in [2.24, 2.45) is 4.99 Å². The zero-order valence-corrected chi connectivity index (χ0v) is 10.9. The van der Waals surface area contributed by atoms with E-state index < -0.39 is 11.7 Å². The summed E-state index contributed by atoms with van der Waals surface area (Å²) in [5.74, 6) is -0.235. The van der Waals surface area contributed by atoms with Crippen LogP contribution in [0, 0.1) is 13.8 Å². The van der Waals surface area contributed by atoms with Crippen LogP contribution in [0.1, 0.15) is 43.1 Å². The third-order valence-corrected chi connectivity index (χ3v) is 3.70. The van der Waals surface area contributed by atoms with Gasteiger partial charge in [-0.3, -0.25) is 4.99 Å². The molecule has 2 nitrogen and oxygen atoms in total. The third-order valence-electron chi connectivity index (χ3n) is 3.70. The Kier molecular flexibility index (Phi) is 2.83. The number of aromatic amines is 1. The molecule has 1 aliphatic rings. The molecule has 0 spiro atoms. The minimum atomic E-state index is -4.29. The predicted octanol–water partition coefficient (Wildman–Crippen LogP) is 3.90. The molecule has 100 valence electrons. The summed E-state index contributed by atoms with van der Waals surface area (Å²) in [6.45, 7) is 6.65. The van der Waals surface area contributed by atoms with Crippen LogP contribution in [0.3, 0.4) is 0 Å². The van der Waals surface area contributed by atoms with Gasteiger partial charge in [-0.05, 0) is 45.7 Å². The van der Waals surface area contributed by atoms with Gasteiger partial charge in [0.1, 0.15) is 0 Å². The molecular weight excluding hydrogens is 241 g/mol. The van der Waals surface area contributed by atoms with Gasteiger partial charge < -0.3 is 4.98 Å². The van der Waals surface area contributed by atoms with Crippen molar-refractivity contribution in [1.82, 2.24) is 4.98 Å². The molecule has 2 atom stereocenters. The van der Waals surface area contributed by atoms with E-state index in [1.165, 1.54) is 6.92 Å². The highest BCUT2D eigenvalue weighted by Gasteiger charge is 2.55. The second-order valence-corrected chi connectivity index (χ2v) is 5.31. The lowest BCUT2D eigenvalue weighted by atomic mass is 9.86. The number of nitrogens with one attached hydrogen (secondary N) is 1. The minimum Gasteiger partial charge on any atom is -0.362 e. The van der Waals surface area contributed by atoms with Gasteiger partial charge in [0.15, 0.2) is 5.54 Å². The number of aryl methyl sites for hydroxylation is 2. The molecule has 1 aromatic rings. The van der Waals surface area contributed by atoms with E-state index >= 15 is 0 Å². The number of hydrogen-bond acceptors (Lipinski definition) is 1. The molecule has 0 aliphatic carbocycles. The van der Waals surface area contributed by atoms with Crippen molar-refractivity contribution in [3.63, 3.8) is 0 Å². The van der Waals surface area contributed by atoms with Gasteiger partial charge in [-0.1, -0.05) is 0 Å². The van der Waals surface area contributed by atoms with Crippen LogP contribution >= 0.6 is 0 Å². The Morgan fingerprint density at radius 1 is 1.33 bits per heavy atom. The summed E-state index contributed by atoms with van der Waals surface area (Å²) in [7, 11) is 0. The molecule has 0 aromatic carbocycles. The number of alkyl halides is 3. The van der Waals surface area contributed by atoms with Crippen molar-refractivity contribution in [2.45, 2.75) is 51.7 Å². The lowest BCUT2D eigenvalue weighted by Gasteiger charge is -2.25. The van der Waals surface area contributed by atoms with E-state index in [-0.39, 0.29) is 12.3 Å². The average Bonchev–Trinajstić information content (AvgIpc) is 2.66. The van der Waals surface area contributed by atoms with E-state index in [1.807, 2.05) is 19.9 Å². The Bertz CT molecular complexity index is 499. The van der Waals surface area contributed by atoms with Crippen molar-refractivity contribution in [1.29, 1.82) is 0 Å². The van der Waals surface area contributed by atoms with Gasteiger partial charge in [-0.25, -0.2) is 0 Å². The zero-order valence-electron chi connectivity index (χ0n) is 10.9. The second-order valence-electron chi connectivity index (χ2n) is 5.31. The fourth-order valence-electron chi connectivity index (χ4n) is 2.68. The van der Waals surface area contributed by atoms with Crippen LogP contribution in [-0.2, 0) is 0 Å². The van der Waals surface area contributed by atoms with Crippen molar-refractivity contribution in [3.8, 4) is 0 Å². The SMILES string of the molecule is CC1=NC(C)(C(F)(F)F)CC1c1cc(C)[nH]c1C. The molecule has 2 rings (SSSR count). The Morgan fingerprint density at radius 2 is 1.94 bits per heavy atom. The summed E-state index contributed by atoms with van der Waals surface area (Å²) in [5.41, 5.74) is 1.45. The monoisotopic (exact) mass is 258 g/mol. The summed E-state index contributed by atoms with van der Waals surface area (Å²) in [5, 5.41) is 0. The van der Waals surface area contributed by atoms with E-state index in [9.17, 15) is 13.2 Å². The molecular formula is C13H17F3N2. The summed E-state index contributed by atoms with van der Waals surface area (Å²) < 4.78 is 39.0. The number of aliphatic imine (C=N–C) groups is 1. The first kappa shape index (κ1) is 13.2. The van der Waals surface area contributed by atoms with E-state index in [2.05, 4.69) is 9.98 Å². The number of aromatic nitrogens is 1. The van der Waals surface area contributed by atoms with Crippen molar-refractivity contribution >= 4 is 5.71 Å².